The molecule has 6 heteroatoms. The quantitative estimate of drug-likeness (QED) is 0.758. The van der Waals surface area contributed by atoms with Crippen LogP contribution in [0.25, 0.3) is 0 Å². The van der Waals surface area contributed by atoms with Gasteiger partial charge in [-0.3, -0.25) is 4.79 Å². The predicted octanol–water partition coefficient (Wildman–Crippen LogP) is 0.0391. The molecule has 2 aliphatic rings. The van der Waals surface area contributed by atoms with Crippen molar-refractivity contribution in [3.05, 3.63) is 0 Å². The number of urea groups is 1. The number of carbonyl (C=O) groups excluding carboxylic acids is 2. The van der Waals surface area contributed by atoms with Crippen LogP contribution in [0.4, 0.5) is 4.79 Å². The Balaban J connectivity index is 2.02. The van der Waals surface area contributed by atoms with Gasteiger partial charge in [-0.1, -0.05) is 0 Å². The average molecular weight is 255 g/mol. The normalized spacial score (nSPS) is 24.2. The van der Waals surface area contributed by atoms with Crippen LogP contribution in [-0.4, -0.2) is 67.2 Å². The topological polar surface area (TPSA) is 61.9 Å². The summed E-state index contributed by atoms with van der Waals surface area (Å²) in [5, 5.41) is 2.76. The van der Waals surface area contributed by atoms with E-state index in [1.165, 1.54) is 0 Å². The van der Waals surface area contributed by atoms with Crippen molar-refractivity contribution in [2.24, 2.45) is 0 Å². The molecule has 1 atom stereocenters. The van der Waals surface area contributed by atoms with Gasteiger partial charge in [0.1, 0.15) is 6.04 Å². The summed E-state index contributed by atoms with van der Waals surface area (Å²) in [6, 6.07) is -0.501. The van der Waals surface area contributed by atoms with Crippen LogP contribution in [0.1, 0.15) is 19.8 Å². The number of amides is 3. The Morgan fingerprint density at radius 2 is 2.00 bits per heavy atom. The van der Waals surface area contributed by atoms with Gasteiger partial charge in [0.15, 0.2) is 0 Å². The number of nitrogens with zero attached hydrogens (tertiary/aromatic N) is 2. The van der Waals surface area contributed by atoms with E-state index in [0.29, 0.717) is 26.3 Å². The van der Waals surface area contributed by atoms with Crippen molar-refractivity contribution in [1.82, 2.24) is 15.1 Å². The van der Waals surface area contributed by atoms with Crippen molar-refractivity contribution < 1.29 is 14.3 Å². The molecule has 2 saturated heterocycles. The fraction of sp³-hybridized carbons (Fsp3) is 0.833. The molecule has 18 heavy (non-hydrogen) atoms. The van der Waals surface area contributed by atoms with Crippen LogP contribution < -0.4 is 5.32 Å². The van der Waals surface area contributed by atoms with Crippen molar-refractivity contribution in [1.29, 1.82) is 0 Å². The Bertz CT molecular complexity index is 316. The number of nitrogens with one attached hydrogen (secondary N) is 1. The Morgan fingerprint density at radius 1 is 1.28 bits per heavy atom. The molecule has 1 N–H and O–H groups in total. The maximum Gasteiger partial charge on any atom is 0.320 e. The zero-order valence-corrected chi connectivity index (χ0v) is 10.9. The molecule has 1 unspecified atom stereocenters. The number of carbonyl (C=O) groups is 2. The predicted molar refractivity (Wildman–Crippen MR) is 66.2 cm³/mol. The molecule has 0 aromatic rings. The lowest BCUT2D eigenvalue weighted by Gasteiger charge is -2.36. The first-order chi connectivity index (χ1) is 8.74. The summed E-state index contributed by atoms with van der Waals surface area (Å²) in [7, 11) is 0. The second kappa shape index (κ2) is 6.04. The molecule has 102 valence electrons. The number of hydrogen-bond donors (Lipinski definition) is 1. The second-order valence-corrected chi connectivity index (χ2v) is 4.66. The first kappa shape index (κ1) is 13.1. The smallest absolute Gasteiger partial charge is 0.320 e. The van der Waals surface area contributed by atoms with Gasteiger partial charge >= 0.3 is 6.03 Å². The second-order valence-electron chi connectivity index (χ2n) is 4.66. The Labute approximate surface area is 107 Å². The van der Waals surface area contributed by atoms with Gasteiger partial charge in [0, 0.05) is 26.2 Å². The molecule has 2 rings (SSSR count). The lowest BCUT2D eigenvalue weighted by Crippen LogP contribution is -2.58. The van der Waals surface area contributed by atoms with Crippen molar-refractivity contribution in [3.8, 4) is 0 Å². The fourth-order valence-electron chi connectivity index (χ4n) is 2.43. The van der Waals surface area contributed by atoms with Crippen LogP contribution in [-0.2, 0) is 9.53 Å². The number of likely N-dealkylation sites (tertiary alicyclic amines) is 1. The zero-order chi connectivity index (χ0) is 13.0. The Hall–Kier alpha value is -1.30. The van der Waals surface area contributed by atoms with Gasteiger partial charge in [-0.2, -0.15) is 0 Å². The average Bonchev–Trinajstić information content (AvgIpc) is 2.92. The maximum absolute atomic E-state index is 12.3. The van der Waals surface area contributed by atoms with Crippen LogP contribution in [0.2, 0.25) is 0 Å². The first-order valence-electron chi connectivity index (χ1n) is 6.65. The van der Waals surface area contributed by atoms with E-state index in [1.54, 1.807) is 4.90 Å². The molecular weight excluding hydrogens is 234 g/mol. The van der Waals surface area contributed by atoms with E-state index in [4.69, 9.17) is 4.74 Å². The van der Waals surface area contributed by atoms with E-state index in [0.717, 1.165) is 25.9 Å². The number of hydrogen-bond acceptors (Lipinski definition) is 3. The van der Waals surface area contributed by atoms with Crippen LogP contribution in [0.5, 0.6) is 0 Å². The fourth-order valence-corrected chi connectivity index (χ4v) is 2.43. The van der Waals surface area contributed by atoms with E-state index < -0.39 is 6.04 Å². The summed E-state index contributed by atoms with van der Waals surface area (Å²) in [6.07, 6.45) is 2.11. The Kier molecular flexibility index (Phi) is 4.41. The van der Waals surface area contributed by atoms with E-state index in [1.807, 2.05) is 11.8 Å². The summed E-state index contributed by atoms with van der Waals surface area (Å²) >= 11 is 0. The van der Waals surface area contributed by atoms with E-state index >= 15 is 0 Å². The van der Waals surface area contributed by atoms with E-state index in [9.17, 15) is 9.59 Å². The van der Waals surface area contributed by atoms with Crippen molar-refractivity contribution in [2.75, 3.05) is 39.4 Å². The number of likely N-dealkylation sites (N-methyl/N-ethyl adjacent to an activating group) is 1. The highest BCUT2D eigenvalue weighted by molar-refractivity contribution is 5.87. The summed E-state index contributed by atoms with van der Waals surface area (Å²) in [4.78, 5) is 27.7. The SMILES string of the molecule is CCNC(=O)C1COCCN1C(=O)N1CCCC1. The highest BCUT2D eigenvalue weighted by Crippen LogP contribution is 2.15. The highest BCUT2D eigenvalue weighted by atomic mass is 16.5. The molecule has 2 heterocycles. The third-order valence-electron chi connectivity index (χ3n) is 3.40. The number of rotatable bonds is 2. The van der Waals surface area contributed by atoms with Gasteiger partial charge in [0.2, 0.25) is 5.91 Å². The van der Waals surface area contributed by atoms with Crippen LogP contribution in [0, 0.1) is 0 Å². The molecule has 0 saturated carbocycles. The van der Waals surface area contributed by atoms with Crippen LogP contribution in [0.15, 0.2) is 0 Å². The summed E-state index contributed by atoms with van der Waals surface area (Å²) in [6.45, 7) is 5.35. The minimum atomic E-state index is -0.480. The third kappa shape index (κ3) is 2.75. The van der Waals surface area contributed by atoms with Crippen LogP contribution >= 0.6 is 0 Å². The first-order valence-corrected chi connectivity index (χ1v) is 6.65. The van der Waals surface area contributed by atoms with Gasteiger partial charge in [-0.25, -0.2) is 4.79 Å². The number of ether oxygens (including phenoxy) is 1. The van der Waals surface area contributed by atoms with Crippen molar-refractivity contribution in [3.63, 3.8) is 0 Å². The van der Waals surface area contributed by atoms with E-state index in [-0.39, 0.29) is 11.9 Å². The van der Waals surface area contributed by atoms with Gasteiger partial charge in [0.25, 0.3) is 0 Å². The lowest BCUT2D eigenvalue weighted by molar-refractivity contribution is -0.130. The Morgan fingerprint density at radius 3 is 2.67 bits per heavy atom. The molecule has 0 bridgehead atoms. The van der Waals surface area contributed by atoms with Gasteiger partial charge in [0.05, 0.1) is 13.2 Å². The summed E-state index contributed by atoms with van der Waals surface area (Å²) in [5.74, 6) is -0.121. The monoisotopic (exact) mass is 255 g/mol. The highest BCUT2D eigenvalue weighted by Gasteiger charge is 2.35. The maximum atomic E-state index is 12.3. The minimum Gasteiger partial charge on any atom is -0.377 e. The molecule has 0 aromatic heterocycles. The van der Waals surface area contributed by atoms with Crippen molar-refractivity contribution >= 4 is 11.9 Å². The lowest BCUT2D eigenvalue weighted by atomic mass is 10.2. The molecule has 6 nitrogen and oxygen atoms in total. The molecule has 0 aliphatic carbocycles. The van der Waals surface area contributed by atoms with Gasteiger partial charge < -0.3 is 19.9 Å². The number of morpholine rings is 1. The zero-order valence-electron chi connectivity index (χ0n) is 10.9. The molecule has 0 spiro atoms. The van der Waals surface area contributed by atoms with Gasteiger partial charge in [-0.15, -0.1) is 0 Å². The molecular formula is C12H21N3O3. The largest absolute Gasteiger partial charge is 0.377 e. The van der Waals surface area contributed by atoms with Crippen molar-refractivity contribution in [2.45, 2.75) is 25.8 Å². The van der Waals surface area contributed by atoms with Crippen LogP contribution in [0.3, 0.4) is 0 Å². The molecule has 3 amide bonds. The summed E-state index contributed by atoms with van der Waals surface area (Å²) in [5.41, 5.74) is 0. The molecule has 2 fully saturated rings. The van der Waals surface area contributed by atoms with Gasteiger partial charge in [-0.05, 0) is 19.8 Å². The summed E-state index contributed by atoms with van der Waals surface area (Å²) < 4.78 is 5.32. The molecule has 2 aliphatic heterocycles. The minimum absolute atomic E-state index is 0.0212. The standard InChI is InChI=1S/C12H21N3O3/c1-2-13-11(16)10-9-18-8-7-15(10)12(17)14-5-3-4-6-14/h10H,2-9H2,1H3,(H,13,16). The van der Waals surface area contributed by atoms with E-state index in [2.05, 4.69) is 5.32 Å². The molecule has 0 radical (unpaired) electrons. The third-order valence-corrected chi connectivity index (χ3v) is 3.40. The molecule has 0 aromatic carbocycles.